The molecule has 2 N–H and O–H groups in total. The molecule has 8 heteroatoms. The summed E-state index contributed by atoms with van der Waals surface area (Å²) in [5, 5.41) is 14.1. The Hall–Kier alpha value is -3.75. The number of thiazole rings is 1. The second-order valence-electron chi connectivity index (χ2n) is 8.62. The van der Waals surface area contributed by atoms with Gasteiger partial charge in [0.05, 0.1) is 11.4 Å². The first-order valence-electron chi connectivity index (χ1n) is 11.8. The summed E-state index contributed by atoms with van der Waals surface area (Å²) in [6, 6.07) is 20.3. The molecule has 0 spiro atoms. The topological polar surface area (TPSA) is 87.7 Å². The number of anilines is 1. The van der Waals surface area contributed by atoms with Crippen LogP contribution in [0.3, 0.4) is 0 Å². The van der Waals surface area contributed by atoms with Crippen LogP contribution in [0.1, 0.15) is 33.3 Å². The van der Waals surface area contributed by atoms with Crippen LogP contribution in [-0.4, -0.2) is 16.0 Å². The average molecular weight is 575 g/mol. The molecule has 6 nitrogen and oxygen atoms in total. The maximum absolute atomic E-state index is 13.6. The van der Waals surface area contributed by atoms with Crippen LogP contribution < -0.4 is 10.9 Å². The summed E-state index contributed by atoms with van der Waals surface area (Å²) in [4.78, 5) is 24.1. The molecule has 0 unspecified atom stereocenters. The Morgan fingerprint density at radius 2 is 1.89 bits per heavy atom. The molecule has 5 aromatic rings. The normalized spacial score (nSPS) is 11.7. The number of carbonyl (C=O) groups excluding carboxylic acids is 1. The number of halogens is 1. The first kappa shape index (κ1) is 24.9. The summed E-state index contributed by atoms with van der Waals surface area (Å²) in [5.74, 6) is -0.303. The predicted octanol–water partition coefficient (Wildman–Crippen LogP) is 7.69. The molecule has 0 aliphatic carbocycles. The fourth-order valence-electron chi connectivity index (χ4n) is 3.96. The number of phenolic OH excluding ortho intramolecular Hbond substituents is 1. The first-order chi connectivity index (χ1) is 17.8. The van der Waals surface area contributed by atoms with E-state index in [0.29, 0.717) is 21.8 Å². The van der Waals surface area contributed by atoms with E-state index >= 15 is 0 Å². The van der Waals surface area contributed by atoms with E-state index in [1.54, 1.807) is 18.2 Å². The minimum Gasteiger partial charge on any atom is -0.508 e. The van der Waals surface area contributed by atoms with Gasteiger partial charge in [0.15, 0.2) is 5.13 Å². The largest absolute Gasteiger partial charge is 0.508 e. The van der Waals surface area contributed by atoms with Crippen molar-refractivity contribution in [2.45, 2.75) is 27.2 Å². The summed E-state index contributed by atoms with van der Waals surface area (Å²) in [7, 11) is 0. The Kier molecular flexibility index (Phi) is 6.95. The number of aryl methyl sites for hydroxylation is 2. The number of phenols is 1. The molecule has 186 valence electrons. The zero-order chi connectivity index (χ0) is 26.1. The lowest BCUT2D eigenvalue weighted by Gasteiger charge is -2.07. The number of fused-ring (bicyclic) bond motifs is 1. The molecule has 0 saturated heterocycles. The molecule has 0 aliphatic heterocycles. The molecular weight excluding hydrogens is 550 g/mol. The summed E-state index contributed by atoms with van der Waals surface area (Å²) < 4.78 is 7.05. The van der Waals surface area contributed by atoms with Gasteiger partial charge < -0.3 is 9.52 Å². The van der Waals surface area contributed by atoms with Crippen LogP contribution in [0, 0.1) is 13.8 Å². The van der Waals surface area contributed by atoms with Gasteiger partial charge in [-0.05, 0) is 67.8 Å². The van der Waals surface area contributed by atoms with Crippen LogP contribution >= 0.6 is 27.3 Å². The van der Waals surface area contributed by atoms with E-state index in [1.165, 1.54) is 17.4 Å². The van der Waals surface area contributed by atoms with Gasteiger partial charge in [-0.2, -0.15) is 0 Å². The van der Waals surface area contributed by atoms with Crippen molar-refractivity contribution in [1.82, 2.24) is 4.98 Å². The van der Waals surface area contributed by atoms with Gasteiger partial charge in [-0.25, -0.2) is 9.98 Å². The SMILES string of the molecule is CCc1sc(NC(=O)c2cc3ccc(O)cc3oc2=Nc2cccc(C)c2C)nc1-c1ccc(Br)cc1. The van der Waals surface area contributed by atoms with Gasteiger partial charge in [-0.3, -0.25) is 10.1 Å². The van der Waals surface area contributed by atoms with E-state index in [9.17, 15) is 9.90 Å². The number of aromatic hydroxyl groups is 1. The molecule has 37 heavy (non-hydrogen) atoms. The Balaban J connectivity index is 1.59. The van der Waals surface area contributed by atoms with Crippen molar-refractivity contribution in [3.05, 3.63) is 98.3 Å². The van der Waals surface area contributed by atoms with E-state index in [2.05, 4.69) is 28.2 Å². The number of nitrogens with zero attached hydrogens (tertiary/aromatic N) is 2. The number of nitrogens with one attached hydrogen (secondary N) is 1. The second-order valence-corrected chi connectivity index (χ2v) is 10.6. The van der Waals surface area contributed by atoms with E-state index in [0.717, 1.165) is 38.2 Å². The van der Waals surface area contributed by atoms with Crippen LogP contribution in [0.5, 0.6) is 5.75 Å². The summed E-state index contributed by atoms with van der Waals surface area (Å²) >= 11 is 4.92. The van der Waals surface area contributed by atoms with Crippen molar-refractivity contribution >= 4 is 55.0 Å². The number of hydrogen-bond donors (Lipinski definition) is 2. The van der Waals surface area contributed by atoms with E-state index in [1.807, 2.05) is 56.3 Å². The first-order valence-corrected chi connectivity index (χ1v) is 13.4. The van der Waals surface area contributed by atoms with Crippen molar-refractivity contribution in [2.75, 3.05) is 5.32 Å². The van der Waals surface area contributed by atoms with Crippen molar-refractivity contribution in [3.8, 4) is 17.0 Å². The molecule has 0 aliphatic rings. The Morgan fingerprint density at radius 3 is 2.65 bits per heavy atom. The number of rotatable bonds is 5. The highest BCUT2D eigenvalue weighted by Gasteiger charge is 2.18. The number of benzene rings is 3. The van der Waals surface area contributed by atoms with Crippen LogP contribution in [0.25, 0.3) is 22.2 Å². The highest BCUT2D eigenvalue weighted by Crippen LogP contribution is 2.32. The monoisotopic (exact) mass is 573 g/mol. The lowest BCUT2D eigenvalue weighted by molar-refractivity contribution is 0.102. The average Bonchev–Trinajstić information content (AvgIpc) is 3.29. The van der Waals surface area contributed by atoms with Gasteiger partial charge in [0.1, 0.15) is 16.9 Å². The molecular formula is C29H24BrN3O3S. The van der Waals surface area contributed by atoms with Crippen LogP contribution in [0.4, 0.5) is 10.8 Å². The number of aromatic nitrogens is 1. The lowest BCUT2D eigenvalue weighted by Crippen LogP contribution is -2.21. The Bertz CT molecular complexity index is 1700. The molecule has 0 saturated carbocycles. The van der Waals surface area contributed by atoms with E-state index in [4.69, 9.17) is 14.4 Å². The standard InChI is InChI=1S/C29H24BrN3O3S/c1-4-25-26(18-8-11-20(30)12-9-18)32-29(37-25)33-27(35)22-14-19-10-13-21(34)15-24(19)36-28(22)31-23-7-5-6-16(2)17(23)3/h5-15,34H,4H2,1-3H3,(H,32,33,35). The molecule has 0 bridgehead atoms. The zero-order valence-corrected chi connectivity index (χ0v) is 22.9. The van der Waals surface area contributed by atoms with Crippen molar-refractivity contribution < 1.29 is 14.3 Å². The van der Waals surface area contributed by atoms with Gasteiger partial charge in [-0.1, -0.05) is 47.1 Å². The third-order valence-corrected chi connectivity index (χ3v) is 7.78. The molecule has 5 rings (SSSR count). The third kappa shape index (κ3) is 5.21. The van der Waals surface area contributed by atoms with Gasteiger partial charge in [0.2, 0.25) is 5.55 Å². The summed E-state index contributed by atoms with van der Waals surface area (Å²) in [6.07, 6.45) is 0.793. The third-order valence-electron chi connectivity index (χ3n) is 6.13. The number of hydrogen-bond acceptors (Lipinski definition) is 6. The minimum atomic E-state index is -0.374. The maximum atomic E-state index is 13.6. The van der Waals surface area contributed by atoms with E-state index < -0.39 is 0 Å². The molecule has 0 atom stereocenters. The molecule has 1 amide bonds. The summed E-state index contributed by atoms with van der Waals surface area (Å²) in [5.41, 5.74) is 5.49. The summed E-state index contributed by atoms with van der Waals surface area (Å²) in [6.45, 7) is 6.06. The van der Waals surface area contributed by atoms with Gasteiger partial charge in [0.25, 0.3) is 5.91 Å². The quantitative estimate of drug-likeness (QED) is 0.225. The van der Waals surface area contributed by atoms with Crippen molar-refractivity contribution in [1.29, 1.82) is 0 Å². The molecule has 2 heterocycles. The van der Waals surface area contributed by atoms with Crippen molar-refractivity contribution in [2.24, 2.45) is 4.99 Å². The Labute approximate surface area is 226 Å². The maximum Gasteiger partial charge on any atom is 0.262 e. The molecule has 0 radical (unpaired) electrons. The van der Waals surface area contributed by atoms with Gasteiger partial charge in [-0.15, -0.1) is 11.3 Å². The fourth-order valence-corrected chi connectivity index (χ4v) is 5.14. The van der Waals surface area contributed by atoms with Crippen LogP contribution in [0.15, 0.2) is 80.6 Å². The van der Waals surface area contributed by atoms with Crippen LogP contribution in [-0.2, 0) is 6.42 Å². The van der Waals surface area contributed by atoms with Crippen LogP contribution in [0.2, 0.25) is 0 Å². The predicted molar refractivity (Wildman–Crippen MR) is 152 cm³/mol. The van der Waals surface area contributed by atoms with Crippen molar-refractivity contribution in [3.63, 3.8) is 0 Å². The zero-order valence-electron chi connectivity index (χ0n) is 20.5. The highest BCUT2D eigenvalue weighted by molar-refractivity contribution is 9.10. The highest BCUT2D eigenvalue weighted by atomic mass is 79.9. The fraction of sp³-hybridized carbons (Fsp3) is 0.138. The molecule has 2 aromatic heterocycles. The second kappa shape index (κ2) is 10.3. The van der Waals surface area contributed by atoms with Gasteiger partial charge in [0, 0.05) is 26.4 Å². The molecule has 0 fully saturated rings. The smallest absolute Gasteiger partial charge is 0.262 e. The number of carbonyl (C=O) groups is 1. The lowest BCUT2D eigenvalue weighted by atomic mass is 10.1. The molecule has 3 aromatic carbocycles. The van der Waals surface area contributed by atoms with Gasteiger partial charge >= 0.3 is 0 Å². The number of amides is 1. The van der Waals surface area contributed by atoms with E-state index in [-0.39, 0.29) is 22.8 Å². The Morgan fingerprint density at radius 1 is 1.11 bits per heavy atom. The minimum absolute atomic E-state index is 0.0708.